The predicted octanol–water partition coefficient (Wildman–Crippen LogP) is 8.20. The van der Waals surface area contributed by atoms with Crippen molar-refractivity contribution in [2.45, 2.75) is 104 Å². The molecule has 0 spiro atoms. The monoisotopic (exact) mass is 813 g/mol. The number of nitrogens with zero attached hydrogens (tertiary/aromatic N) is 3. The first-order valence-corrected chi connectivity index (χ1v) is 19.7. The van der Waals surface area contributed by atoms with Crippen molar-refractivity contribution in [3.8, 4) is 22.2 Å². The van der Waals surface area contributed by atoms with Crippen molar-refractivity contribution in [1.29, 1.82) is 0 Å². The highest BCUT2D eigenvalue weighted by molar-refractivity contribution is 7.13. The molecule has 2 aromatic heterocycles. The molecular formula is C41H47F4N5O6S. The van der Waals surface area contributed by atoms with Crippen molar-refractivity contribution in [3.05, 3.63) is 64.4 Å². The van der Waals surface area contributed by atoms with Gasteiger partial charge in [-0.1, -0.05) is 48.0 Å². The highest BCUT2D eigenvalue weighted by atomic mass is 32.1. The van der Waals surface area contributed by atoms with Crippen LogP contribution in [0.3, 0.4) is 0 Å². The van der Waals surface area contributed by atoms with Crippen LogP contribution in [0.15, 0.2) is 41.8 Å². The SMILES string of the molecule is CC[C@@H]1C[C@]1(NC(=O)[C@@H]1C[C@@H](Oc2cc(-c3nc(C(C)C)cs3)nc3c(C)c(OC)ccc23)CN1C(=O)[C@@H](Nc1cc(F)cc(C(F)(F)F)c1)C(C)(C)C)C(=O)O. The van der Waals surface area contributed by atoms with Crippen molar-refractivity contribution < 1.29 is 46.5 Å². The molecule has 0 radical (unpaired) electrons. The molecule has 11 nitrogen and oxygen atoms in total. The zero-order valence-electron chi connectivity index (χ0n) is 33.0. The molecule has 2 aromatic carbocycles. The number of aryl methyl sites for hydroxylation is 1. The van der Waals surface area contributed by atoms with E-state index in [1.807, 2.05) is 33.1 Å². The summed E-state index contributed by atoms with van der Waals surface area (Å²) in [5.74, 6) is -2.81. The first kappa shape index (κ1) is 41.6. The summed E-state index contributed by atoms with van der Waals surface area (Å²) in [4.78, 5) is 52.3. The molecule has 3 N–H and O–H groups in total. The molecule has 57 heavy (non-hydrogen) atoms. The molecule has 3 heterocycles. The van der Waals surface area contributed by atoms with E-state index in [2.05, 4.69) is 10.6 Å². The number of hydrogen-bond donors (Lipinski definition) is 3. The molecule has 0 bridgehead atoms. The van der Waals surface area contributed by atoms with E-state index >= 15 is 0 Å². The molecule has 16 heteroatoms. The minimum atomic E-state index is -4.85. The lowest BCUT2D eigenvalue weighted by molar-refractivity contribution is -0.146. The first-order chi connectivity index (χ1) is 26.7. The molecule has 2 fully saturated rings. The van der Waals surface area contributed by atoms with Gasteiger partial charge in [0.2, 0.25) is 11.8 Å². The lowest BCUT2D eigenvalue weighted by atomic mass is 9.85. The average molecular weight is 814 g/mol. The maximum Gasteiger partial charge on any atom is 0.416 e. The minimum Gasteiger partial charge on any atom is -0.496 e. The Balaban J connectivity index is 1.39. The summed E-state index contributed by atoms with van der Waals surface area (Å²) in [5, 5.41) is 18.9. The van der Waals surface area contributed by atoms with Gasteiger partial charge in [-0.05, 0) is 60.9 Å². The smallest absolute Gasteiger partial charge is 0.416 e. The van der Waals surface area contributed by atoms with Crippen LogP contribution in [0.2, 0.25) is 0 Å². The van der Waals surface area contributed by atoms with Crippen LogP contribution in [0, 0.1) is 24.1 Å². The number of nitrogens with one attached hydrogen (secondary N) is 2. The van der Waals surface area contributed by atoms with Gasteiger partial charge >= 0.3 is 12.1 Å². The summed E-state index contributed by atoms with van der Waals surface area (Å²) in [5.41, 5.74) is -1.19. The number of fused-ring (bicyclic) bond motifs is 1. The summed E-state index contributed by atoms with van der Waals surface area (Å²) in [6, 6.07) is 4.83. The van der Waals surface area contributed by atoms with E-state index in [4.69, 9.17) is 19.4 Å². The van der Waals surface area contributed by atoms with E-state index in [-0.39, 0.29) is 36.9 Å². The summed E-state index contributed by atoms with van der Waals surface area (Å²) in [6.45, 7) is 12.7. The molecule has 5 atom stereocenters. The third-order valence-electron chi connectivity index (χ3n) is 10.8. The topological polar surface area (TPSA) is 143 Å². The number of likely N-dealkylation sites (tertiary alicyclic amines) is 1. The van der Waals surface area contributed by atoms with Gasteiger partial charge < -0.3 is 30.1 Å². The largest absolute Gasteiger partial charge is 0.496 e. The Morgan fingerprint density at radius 3 is 2.39 bits per heavy atom. The van der Waals surface area contributed by atoms with E-state index in [0.717, 1.165) is 23.4 Å². The lowest BCUT2D eigenvalue weighted by Crippen LogP contribution is -2.56. The van der Waals surface area contributed by atoms with Gasteiger partial charge in [-0.3, -0.25) is 9.59 Å². The number of hydrogen-bond acceptors (Lipinski definition) is 9. The number of carboxylic acid groups (broad SMARTS) is 1. The maximum atomic E-state index is 14.7. The number of benzene rings is 2. The van der Waals surface area contributed by atoms with Gasteiger partial charge in [0.1, 0.15) is 51.7 Å². The number of methoxy groups -OCH3 is 1. The summed E-state index contributed by atoms with van der Waals surface area (Å²) < 4.78 is 67.8. The van der Waals surface area contributed by atoms with Gasteiger partial charge in [0.05, 0.1) is 30.4 Å². The highest BCUT2D eigenvalue weighted by Crippen LogP contribution is 2.46. The van der Waals surface area contributed by atoms with Gasteiger partial charge in [-0.25, -0.2) is 19.2 Å². The van der Waals surface area contributed by atoms with Crippen LogP contribution < -0.4 is 20.1 Å². The summed E-state index contributed by atoms with van der Waals surface area (Å²) >= 11 is 1.43. The Hall–Kier alpha value is -4.99. The molecule has 4 aromatic rings. The second kappa shape index (κ2) is 15.4. The molecule has 2 amide bonds. The maximum absolute atomic E-state index is 14.7. The number of carboxylic acids is 1. The van der Waals surface area contributed by atoms with E-state index < -0.39 is 64.5 Å². The molecule has 2 aliphatic rings. The first-order valence-electron chi connectivity index (χ1n) is 18.8. The van der Waals surface area contributed by atoms with Crippen LogP contribution in [-0.2, 0) is 20.6 Å². The van der Waals surface area contributed by atoms with Gasteiger partial charge in [0.15, 0.2) is 0 Å². The summed E-state index contributed by atoms with van der Waals surface area (Å²) in [7, 11) is 1.56. The zero-order valence-corrected chi connectivity index (χ0v) is 33.8. The lowest BCUT2D eigenvalue weighted by Gasteiger charge is -2.36. The summed E-state index contributed by atoms with van der Waals surface area (Å²) in [6.07, 6.45) is -4.96. The van der Waals surface area contributed by atoms with Crippen molar-refractivity contribution in [2.24, 2.45) is 11.3 Å². The number of carbonyl (C=O) groups excluding carboxylic acids is 2. The number of thiazole rings is 1. The number of amides is 2. The number of alkyl halides is 3. The molecule has 0 unspecified atom stereocenters. The van der Waals surface area contributed by atoms with Crippen LogP contribution in [0.1, 0.15) is 83.5 Å². The molecule has 1 aliphatic carbocycles. The molecule has 1 aliphatic heterocycles. The number of rotatable bonds is 12. The number of carbonyl (C=O) groups is 3. The number of aromatic nitrogens is 2. The van der Waals surface area contributed by atoms with Crippen molar-refractivity contribution >= 4 is 45.7 Å². The third-order valence-corrected chi connectivity index (χ3v) is 11.7. The quantitative estimate of drug-likeness (QED) is 0.121. The van der Waals surface area contributed by atoms with Gasteiger partial charge in [0, 0.05) is 34.5 Å². The molecule has 1 saturated carbocycles. The number of ether oxygens (including phenoxy) is 2. The average Bonchev–Trinajstić information content (AvgIpc) is 3.42. The third kappa shape index (κ3) is 8.37. The Bertz CT molecular complexity index is 2200. The molecule has 1 saturated heterocycles. The standard InChI is InChI=1S/C41H47F4N5O6S/c1-9-22-17-40(22,38(53)54)49-35(51)30-15-26(18-50(30)37(52)34(39(5,6)7)46-25-13-23(41(43,44)45)12-24(42)14-25)56-32-16-28(36-48-29(19-57-36)20(2)3)47-33-21(4)31(55-8)11-10-27(32)33/h10-14,16,19-20,22,26,30,34,46H,9,15,17-18H2,1-8H3,(H,49,51)(H,53,54)/t22-,26-,30+,34-,40-/m1/s1. The fourth-order valence-electron chi connectivity index (χ4n) is 7.44. The van der Waals surface area contributed by atoms with Gasteiger partial charge in [-0.15, -0.1) is 11.3 Å². The molecule has 6 rings (SSSR count). The van der Waals surface area contributed by atoms with Gasteiger partial charge in [0.25, 0.3) is 0 Å². The van der Waals surface area contributed by atoms with E-state index in [9.17, 15) is 37.1 Å². The number of aliphatic carboxylic acids is 1. The van der Waals surface area contributed by atoms with E-state index in [1.165, 1.54) is 16.2 Å². The van der Waals surface area contributed by atoms with Crippen LogP contribution in [0.5, 0.6) is 11.5 Å². The Morgan fingerprint density at radius 1 is 1.09 bits per heavy atom. The second-order valence-corrected chi connectivity index (χ2v) is 17.1. The van der Waals surface area contributed by atoms with Gasteiger partial charge in [-0.2, -0.15) is 13.2 Å². The fraction of sp³-hybridized carbons (Fsp3) is 0.488. The number of pyridine rings is 1. The normalized spacial score (nSPS) is 21.4. The van der Waals surface area contributed by atoms with Crippen molar-refractivity contribution in [1.82, 2.24) is 20.2 Å². The minimum absolute atomic E-state index is 0.0395. The molecule has 306 valence electrons. The van der Waals surface area contributed by atoms with Crippen LogP contribution in [0.4, 0.5) is 23.2 Å². The Morgan fingerprint density at radius 2 is 1.81 bits per heavy atom. The molecular weight excluding hydrogens is 767 g/mol. The van der Waals surface area contributed by atoms with E-state index in [1.54, 1.807) is 46.1 Å². The second-order valence-electron chi connectivity index (χ2n) is 16.3. The van der Waals surface area contributed by atoms with Crippen LogP contribution in [0.25, 0.3) is 21.6 Å². The number of halogens is 4. The van der Waals surface area contributed by atoms with Crippen LogP contribution in [-0.4, -0.2) is 75.1 Å². The van der Waals surface area contributed by atoms with Crippen LogP contribution >= 0.6 is 11.3 Å². The van der Waals surface area contributed by atoms with E-state index in [0.29, 0.717) is 45.6 Å². The Kier molecular flexibility index (Phi) is 11.3. The van der Waals surface area contributed by atoms with Crippen molar-refractivity contribution in [3.63, 3.8) is 0 Å². The fourth-order valence-corrected chi connectivity index (χ4v) is 8.38. The number of anilines is 1. The van der Waals surface area contributed by atoms with Crippen molar-refractivity contribution in [2.75, 3.05) is 19.0 Å². The zero-order chi connectivity index (χ0) is 41.8. The predicted molar refractivity (Wildman–Crippen MR) is 208 cm³/mol. The highest BCUT2D eigenvalue weighted by Gasteiger charge is 2.61. The Labute approximate surface area is 332 Å².